The number of nitrogens with zero attached hydrogens (tertiary/aromatic N) is 1. The van der Waals surface area contributed by atoms with Crippen LogP contribution >= 0.6 is 0 Å². The number of hydrogen-bond acceptors (Lipinski definition) is 2. The zero-order chi connectivity index (χ0) is 18.5. The smallest absolute Gasteiger partial charge is 0.229 e. The molecule has 0 saturated heterocycles. The number of amides is 2. The van der Waals surface area contributed by atoms with Crippen molar-refractivity contribution in [1.82, 2.24) is 0 Å². The van der Waals surface area contributed by atoms with Crippen LogP contribution in [0, 0.1) is 18.8 Å². The third-order valence-corrected chi connectivity index (χ3v) is 5.21. The SMILES string of the molecule is Cc1cccc(NC(=O)C2CCC(C(=O)N(C)c3ccccc3)CC2)c1. The first kappa shape index (κ1) is 18.2. The van der Waals surface area contributed by atoms with Crippen LogP contribution in [0.25, 0.3) is 0 Å². The van der Waals surface area contributed by atoms with E-state index in [1.807, 2.05) is 68.6 Å². The first-order chi connectivity index (χ1) is 12.5. The molecule has 0 heterocycles. The van der Waals surface area contributed by atoms with Gasteiger partial charge in [0.15, 0.2) is 0 Å². The number of rotatable bonds is 4. The first-order valence-corrected chi connectivity index (χ1v) is 9.25. The summed E-state index contributed by atoms with van der Waals surface area (Å²) in [6.07, 6.45) is 3.05. The molecule has 2 aromatic rings. The summed E-state index contributed by atoms with van der Waals surface area (Å²) < 4.78 is 0. The third-order valence-electron chi connectivity index (χ3n) is 5.21. The Labute approximate surface area is 155 Å². The van der Waals surface area contributed by atoms with E-state index in [1.54, 1.807) is 4.90 Å². The lowest BCUT2D eigenvalue weighted by Crippen LogP contribution is -2.36. The van der Waals surface area contributed by atoms with E-state index < -0.39 is 0 Å². The molecular weight excluding hydrogens is 324 g/mol. The third kappa shape index (κ3) is 4.31. The summed E-state index contributed by atoms with van der Waals surface area (Å²) in [4.78, 5) is 27.0. The van der Waals surface area contributed by atoms with E-state index in [0.717, 1.165) is 42.6 Å². The van der Waals surface area contributed by atoms with Crippen LogP contribution in [-0.4, -0.2) is 18.9 Å². The van der Waals surface area contributed by atoms with Crippen LogP contribution in [0.1, 0.15) is 31.2 Å². The molecular formula is C22H26N2O2. The lowest BCUT2D eigenvalue weighted by Gasteiger charge is -2.30. The van der Waals surface area contributed by atoms with Gasteiger partial charge < -0.3 is 10.2 Å². The molecule has 0 atom stereocenters. The molecule has 1 fully saturated rings. The predicted molar refractivity (Wildman–Crippen MR) is 105 cm³/mol. The highest BCUT2D eigenvalue weighted by Gasteiger charge is 2.31. The molecule has 0 aliphatic heterocycles. The number of aryl methyl sites for hydroxylation is 1. The molecule has 1 saturated carbocycles. The zero-order valence-corrected chi connectivity index (χ0v) is 15.4. The van der Waals surface area contributed by atoms with Crippen molar-refractivity contribution < 1.29 is 9.59 Å². The second kappa shape index (κ2) is 8.17. The molecule has 0 bridgehead atoms. The number of para-hydroxylation sites is 1. The molecule has 0 unspecified atom stereocenters. The number of nitrogens with one attached hydrogen (secondary N) is 1. The molecule has 3 rings (SSSR count). The minimum atomic E-state index is -0.0124. The second-order valence-electron chi connectivity index (χ2n) is 7.14. The zero-order valence-electron chi connectivity index (χ0n) is 15.4. The average Bonchev–Trinajstić information content (AvgIpc) is 2.67. The molecule has 2 amide bonds. The summed E-state index contributed by atoms with van der Waals surface area (Å²) in [6.45, 7) is 2.01. The molecule has 1 N–H and O–H groups in total. The Morgan fingerprint density at radius 3 is 2.23 bits per heavy atom. The summed E-state index contributed by atoms with van der Waals surface area (Å²) >= 11 is 0. The van der Waals surface area contributed by atoms with E-state index in [9.17, 15) is 9.59 Å². The van der Waals surface area contributed by atoms with Crippen molar-refractivity contribution in [2.75, 3.05) is 17.3 Å². The van der Waals surface area contributed by atoms with Crippen molar-refractivity contribution >= 4 is 23.2 Å². The van der Waals surface area contributed by atoms with E-state index >= 15 is 0 Å². The van der Waals surface area contributed by atoms with Gasteiger partial charge in [0.05, 0.1) is 0 Å². The van der Waals surface area contributed by atoms with Crippen LogP contribution in [0.15, 0.2) is 54.6 Å². The maximum Gasteiger partial charge on any atom is 0.229 e. The van der Waals surface area contributed by atoms with Gasteiger partial charge in [0.25, 0.3) is 0 Å². The van der Waals surface area contributed by atoms with E-state index in [0.29, 0.717) is 0 Å². The maximum atomic E-state index is 12.7. The monoisotopic (exact) mass is 350 g/mol. The minimum absolute atomic E-state index is 0.00299. The van der Waals surface area contributed by atoms with Crippen LogP contribution in [0.3, 0.4) is 0 Å². The van der Waals surface area contributed by atoms with Gasteiger partial charge >= 0.3 is 0 Å². The van der Waals surface area contributed by atoms with Crippen molar-refractivity contribution in [3.05, 3.63) is 60.2 Å². The Hall–Kier alpha value is -2.62. The van der Waals surface area contributed by atoms with E-state index in [2.05, 4.69) is 5.32 Å². The van der Waals surface area contributed by atoms with Gasteiger partial charge in [-0.05, 0) is 62.4 Å². The standard InChI is InChI=1S/C22H26N2O2/c1-16-7-6-8-19(15-16)23-21(25)17-11-13-18(14-12-17)22(26)24(2)20-9-4-3-5-10-20/h3-10,15,17-18H,11-14H2,1-2H3,(H,23,25). The van der Waals surface area contributed by atoms with Gasteiger partial charge in [0.1, 0.15) is 0 Å². The summed E-state index contributed by atoms with van der Waals surface area (Å²) in [6, 6.07) is 17.5. The molecule has 0 spiro atoms. The molecule has 0 radical (unpaired) electrons. The Morgan fingerprint density at radius 2 is 1.58 bits per heavy atom. The summed E-state index contributed by atoms with van der Waals surface area (Å²) in [5, 5.41) is 3.01. The summed E-state index contributed by atoms with van der Waals surface area (Å²) in [5.41, 5.74) is 2.88. The average molecular weight is 350 g/mol. The van der Waals surface area contributed by atoms with Gasteiger partial charge in [0, 0.05) is 30.3 Å². The highest BCUT2D eigenvalue weighted by Crippen LogP contribution is 2.31. The molecule has 0 aromatic heterocycles. The number of anilines is 2. The van der Waals surface area contributed by atoms with Gasteiger partial charge in [-0.3, -0.25) is 9.59 Å². The summed E-state index contributed by atoms with van der Waals surface area (Å²) in [5.74, 6) is 0.205. The Morgan fingerprint density at radius 1 is 0.923 bits per heavy atom. The highest BCUT2D eigenvalue weighted by atomic mass is 16.2. The number of hydrogen-bond donors (Lipinski definition) is 1. The van der Waals surface area contributed by atoms with Gasteiger partial charge in [-0.1, -0.05) is 30.3 Å². The Bertz CT molecular complexity index is 765. The van der Waals surface area contributed by atoms with Crippen LogP contribution in [0.5, 0.6) is 0 Å². The van der Waals surface area contributed by atoms with Crippen molar-refractivity contribution in [3.8, 4) is 0 Å². The molecule has 1 aliphatic carbocycles. The molecule has 4 nitrogen and oxygen atoms in total. The fourth-order valence-electron chi connectivity index (χ4n) is 3.62. The largest absolute Gasteiger partial charge is 0.326 e. The van der Waals surface area contributed by atoms with Crippen LogP contribution in [0.2, 0.25) is 0 Å². The van der Waals surface area contributed by atoms with Gasteiger partial charge in [-0.2, -0.15) is 0 Å². The molecule has 136 valence electrons. The van der Waals surface area contributed by atoms with Crippen molar-refractivity contribution in [2.24, 2.45) is 11.8 Å². The van der Waals surface area contributed by atoms with E-state index in [1.165, 1.54) is 0 Å². The Balaban J connectivity index is 1.53. The number of carbonyl (C=O) groups excluding carboxylic acids is 2. The fraction of sp³-hybridized carbons (Fsp3) is 0.364. The first-order valence-electron chi connectivity index (χ1n) is 9.25. The number of benzene rings is 2. The van der Waals surface area contributed by atoms with Crippen molar-refractivity contribution in [3.63, 3.8) is 0 Å². The van der Waals surface area contributed by atoms with Crippen LogP contribution in [-0.2, 0) is 9.59 Å². The number of carbonyl (C=O) groups is 2. The quantitative estimate of drug-likeness (QED) is 0.888. The van der Waals surface area contributed by atoms with Crippen molar-refractivity contribution in [1.29, 1.82) is 0 Å². The second-order valence-corrected chi connectivity index (χ2v) is 7.14. The van der Waals surface area contributed by atoms with Crippen molar-refractivity contribution in [2.45, 2.75) is 32.6 Å². The van der Waals surface area contributed by atoms with E-state index in [-0.39, 0.29) is 23.7 Å². The molecule has 2 aromatic carbocycles. The fourth-order valence-corrected chi connectivity index (χ4v) is 3.62. The normalized spacial score (nSPS) is 19.6. The maximum absolute atomic E-state index is 12.7. The predicted octanol–water partition coefficient (Wildman–Crippen LogP) is 4.40. The lowest BCUT2D eigenvalue weighted by atomic mass is 9.81. The van der Waals surface area contributed by atoms with Gasteiger partial charge in [-0.25, -0.2) is 0 Å². The van der Waals surface area contributed by atoms with Gasteiger partial charge in [-0.15, -0.1) is 0 Å². The minimum Gasteiger partial charge on any atom is -0.326 e. The van der Waals surface area contributed by atoms with E-state index in [4.69, 9.17) is 0 Å². The van der Waals surface area contributed by atoms with Crippen LogP contribution in [0.4, 0.5) is 11.4 Å². The topological polar surface area (TPSA) is 49.4 Å². The van der Waals surface area contributed by atoms with Crippen LogP contribution < -0.4 is 10.2 Å². The lowest BCUT2D eigenvalue weighted by molar-refractivity contribution is -0.126. The van der Waals surface area contributed by atoms with Gasteiger partial charge in [0.2, 0.25) is 11.8 Å². The molecule has 26 heavy (non-hydrogen) atoms. The Kier molecular flexibility index (Phi) is 5.71. The molecule has 1 aliphatic rings. The summed E-state index contributed by atoms with van der Waals surface area (Å²) in [7, 11) is 1.83. The molecule has 4 heteroatoms. The highest BCUT2D eigenvalue weighted by molar-refractivity contribution is 5.95.